The molecule has 14 heavy (non-hydrogen) atoms. The van der Waals surface area contributed by atoms with E-state index in [2.05, 4.69) is 39.8 Å². The molecule has 1 aliphatic heterocycles. The lowest BCUT2D eigenvalue weighted by atomic mass is 9.84. The molecule has 0 aromatic heterocycles. The van der Waals surface area contributed by atoms with Gasteiger partial charge in [0.25, 0.3) is 0 Å². The Hall–Kier alpha value is -0.980. The van der Waals surface area contributed by atoms with Crippen LogP contribution in [0.5, 0.6) is 5.75 Å². The van der Waals surface area contributed by atoms with Crippen molar-refractivity contribution >= 4 is 0 Å². The van der Waals surface area contributed by atoms with E-state index < -0.39 is 0 Å². The normalized spacial score (nSPS) is 15.1. The van der Waals surface area contributed by atoms with E-state index in [1.807, 2.05) is 0 Å². The van der Waals surface area contributed by atoms with E-state index in [4.69, 9.17) is 4.74 Å². The van der Waals surface area contributed by atoms with Crippen molar-refractivity contribution in [2.45, 2.75) is 39.5 Å². The number of aryl methyl sites for hydroxylation is 1. The van der Waals surface area contributed by atoms with Gasteiger partial charge in [0.2, 0.25) is 0 Å². The van der Waals surface area contributed by atoms with Gasteiger partial charge < -0.3 is 4.74 Å². The predicted molar refractivity (Wildman–Crippen MR) is 59.1 cm³/mol. The first-order valence-electron chi connectivity index (χ1n) is 5.25. The van der Waals surface area contributed by atoms with Gasteiger partial charge in [-0.25, -0.2) is 0 Å². The van der Waals surface area contributed by atoms with E-state index in [-0.39, 0.29) is 5.41 Å². The molecular formula is C13H18O. The molecule has 0 saturated carbocycles. The molecule has 0 bridgehead atoms. The average molecular weight is 190 g/mol. The summed E-state index contributed by atoms with van der Waals surface area (Å²) in [5.41, 5.74) is 4.26. The summed E-state index contributed by atoms with van der Waals surface area (Å²) in [5.74, 6) is 1.14. The summed E-state index contributed by atoms with van der Waals surface area (Å²) in [4.78, 5) is 0. The molecular weight excluding hydrogens is 172 g/mol. The van der Waals surface area contributed by atoms with Crippen molar-refractivity contribution in [3.05, 3.63) is 28.8 Å². The van der Waals surface area contributed by atoms with E-state index >= 15 is 0 Å². The van der Waals surface area contributed by atoms with Gasteiger partial charge in [0.05, 0.1) is 6.61 Å². The molecule has 0 amide bonds. The lowest BCUT2D eigenvalue weighted by Crippen LogP contribution is -2.12. The van der Waals surface area contributed by atoms with E-state index in [1.54, 1.807) is 0 Å². The molecule has 76 valence electrons. The number of ether oxygens (including phenoxy) is 1. The van der Waals surface area contributed by atoms with Gasteiger partial charge >= 0.3 is 0 Å². The Morgan fingerprint density at radius 2 is 1.93 bits per heavy atom. The minimum Gasteiger partial charge on any atom is -0.493 e. The molecule has 1 aliphatic rings. The number of fused-ring (bicyclic) bond motifs is 1. The SMILES string of the molecule is Cc1cc2c(c(C(C)(C)C)c1)OCC2. The zero-order valence-electron chi connectivity index (χ0n) is 9.48. The second kappa shape index (κ2) is 3.01. The maximum absolute atomic E-state index is 5.71. The van der Waals surface area contributed by atoms with Crippen LogP contribution < -0.4 is 4.74 Å². The molecule has 0 N–H and O–H groups in total. The summed E-state index contributed by atoms with van der Waals surface area (Å²) < 4.78 is 5.71. The smallest absolute Gasteiger partial charge is 0.126 e. The van der Waals surface area contributed by atoms with Gasteiger partial charge in [-0.15, -0.1) is 0 Å². The van der Waals surface area contributed by atoms with Crippen LogP contribution in [0.2, 0.25) is 0 Å². The fourth-order valence-corrected chi connectivity index (χ4v) is 2.02. The Balaban J connectivity index is 2.60. The molecule has 0 aliphatic carbocycles. The van der Waals surface area contributed by atoms with Crippen molar-refractivity contribution in [3.63, 3.8) is 0 Å². The van der Waals surface area contributed by atoms with Crippen molar-refractivity contribution in [1.29, 1.82) is 0 Å². The largest absolute Gasteiger partial charge is 0.493 e. The Kier molecular flexibility index (Phi) is 2.06. The first-order chi connectivity index (χ1) is 6.48. The van der Waals surface area contributed by atoms with Crippen LogP contribution in [0.1, 0.15) is 37.5 Å². The third kappa shape index (κ3) is 1.52. The maximum atomic E-state index is 5.71. The minimum absolute atomic E-state index is 0.181. The standard InChI is InChI=1S/C13H18O/c1-9-7-10-5-6-14-12(10)11(8-9)13(2,3)4/h7-8H,5-6H2,1-4H3. The first-order valence-corrected chi connectivity index (χ1v) is 5.25. The third-order valence-electron chi connectivity index (χ3n) is 2.74. The fourth-order valence-electron chi connectivity index (χ4n) is 2.02. The molecule has 1 aromatic rings. The summed E-state index contributed by atoms with van der Waals surface area (Å²) in [5, 5.41) is 0. The van der Waals surface area contributed by atoms with Gasteiger partial charge in [-0.2, -0.15) is 0 Å². The van der Waals surface area contributed by atoms with Crippen LogP contribution in [0.25, 0.3) is 0 Å². The van der Waals surface area contributed by atoms with Crippen LogP contribution in [0, 0.1) is 6.92 Å². The zero-order valence-corrected chi connectivity index (χ0v) is 9.48. The highest BCUT2D eigenvalue weighted by molar-refractivity contribution is 5.49. The molecule has 2 rings (SSSR count). The lowest BCUT2D eigenvalue weighted by molar-refractivity contribution is 0.347. The van der Waals surface area contributed by atoms with Crippen molar-refractivity contribution in [2.24, 2.45) is 0 Å². The molecule has 0 atom stereocenters. The second-order valence-corrected chi connectivity index (χ2v) is 5.15. The van der Waals surface area contributed by atoms with E-state index in [9.17, 15) is 0 Å². The molecule has 0 fully saturated rings. The summed E-state index contributed by atoms with van der Waals surface area (Å²) in [6, 6.07) is 4.50. The van der Waals surface area contributed by atoms with Gasteiger partial charge in [0.15, 0.2) is 0 Å². The van der Waals surface area contributed by atoms with Crippen LogP contribution in [0.3, 0.4) is 0 Å². The molecule has 0 spiro atoms. The topological polar surface area (TPSA) is 9.23 Å². The fraction of sp³-hybridized carbons (Fsp3) is 0.538. The van der Waals surface area contributed by atoms with Crippen LogP contribution in [0.15, 0.2) is 12.1 Å². The van der Waals surface area contributed by atoms with Crippen molar-refractivity contribution < 1.29 is 4.74 Å². The maximum Gasteiger partial charge on any atom is 0.126 e. The van der Waals surface area contributed by atoms with E-state index in [1.165, 1.54) is 16.7 Å². The molecule has 1 nitrogen and oxygen atoms in total. The van der Waals surface area contributed by atoms with Gasteiger partial charge in [-0.05, 0) is 17.9 Å². The van der Waals surface area contributed by atoms with E-state index in [0.717, 1.165) is 18.8 Å². The van der Waals surface area contributed by atoms with Crippen LogP contribution >= 0.6 is 0 Å². The van der Waals surface area contributed by atoms with Crippen molar-refractivity contribution in [1.82, 2.24) is 0 Å². The summed E-state index contributed by atoms with van der Waals surface area (Å²) in [7, 11) is 0. The number of rotatable bonds is 0. The highest BCUT2D eigenvalue weighted by Crippen LogP contribution is 2.38. The van der Waals surface area contributed by atoms with Crippen molar-refractivity contribution in [2.75, 3.05) is 6.61 Å². The molecule has 0 saturated heterocycles. The lowest BCUT2D eigenvalue weighted by Gasteiger charge is -2.22. The molecule has 1 heterocycles. The van der Waals surface area contributed by atoms with Crippen LogP contribution in [-0.2, 0) is 11.8 Å². The summed E-state index contributed by atoms with van der Waals surface area (Å²) >= 11 is 0. The Morgan fingerprint density at radius 1 is 1.21 bits per heavy atom. The first kappa shape index (κ1) is 9.57. The van der Waals surface area contributed by atoms with Gasteiger partial charge in [-0.3, -0.25) is 0 Å². The third-order valence-corrected chi connectivity index (χ3v) is 2.74. The highest BCUT2D eigenvalue weighted by Gasteiger charge is 2.24. The zero-order chi connectivity index (χ0) is 10.3. The predicted octanol–water partition coefficient (Wildman–Crippen LogP) is 3.23. The quantitative estimate of drug-likeness (QED) is 0.610. The van der Waals surface area contributed by atoms with Crippen LogP contribution in [-0.4, -0.2) is 6.61 Å². The summed E-state index contributed by atoms with van der Waals surface area (Å²) in [6.45, 7) is 9.73. The van der Waals surface area contributed by atoms with Gasteiger partial charge in [-0.1, -0.05) is 38.5 Å². The molecule has 1 aromatic carbocycles. The number of benzene rings is 1. The van der Waals surface area contributed by atoms with Gasteiger partial charge in [0, 0.05) is 12.0 Å². The Labute approximate surface area is 86.1 Å². The highest BCUT2D eigenvalue weighted by atomic mass is 16.5. The Morgan fingerprint density at radius 3 is 2.57 bits per heavy atom. The molecule has 1 heteroatoms. The minimum atomic E-state index is 0.181. The van der Waals surface area contributed by atoms with Crippen molar-refractivity contribution in [3.8, 4) is 5.75 Å². The number of hydrogen-bond acceptors (Lipinski definition) is 1. The second-order valence-electron chi connectivity index (χ2n) is 5.15. The van der Waals surface area contributed by atoms with Crippen LogP contribution in [0.4, 0.5) is 0 Å². The molecule has 0 unspecified atom stereocenters. The monoisotopic (exact) mass is 190 g/mol. The van der Waals surface area contributed by atoms with Gasteiger partial charge in [0.1, 0.15) is 5.75 Å². The Bertz CT molecular complexity index is 358. The summed E-state index contributed by atoms with van der Waals surface area (Å²) in [6.07, 6.45) is 1.07. The average Bonchev–Trinajstić information content (AvgIpc) is 2.47. The van der Waals surface area contributed by atoms with E-state index in [0.29, 0.717) is 0 Å². The molecule has 0 radical (unpaired) electrons. The number of hydrogen-bond donors (Lipinski definition) is 0.